The van der Waals surface area contributed by atoms with Gasteiger partial charge in [-0.3, -0.25) is 14.6 Å². The number of nitrogens with one attached hydrogen (secondary N) is 2. The zero-order valence-electron chi connectivity index (χ0n) is 20.0. The van der Waals surface area contributed by atoms with Crippen molar-refractivity contribution in [1.82, 2.24) is 15.3 Å². The van der Waals surface area contributed by atoms with E-state index in [-0.39, 0.29) is 46.8 Å². The summed E-state index contributed by atoms with van der Waals surface area (Å²) in [5.41, 5.74) is 7.44. The maximum absolute atomic E-state index is 14.6. The van der Waals surface area contributed by atoms with Crippen LogP contribution in [0.3, 0.4) is 0 Å². The molecule has 188 valence electrons. The molecule has 0 bridgehead atoms. The minimum atomic E-state index is -0.735. The number of rotatable bonds is 5. The zero-order chi connectivity index (χ0) is 26.0. The Hall–Kier alpha value is -3.29. The molecule has 7 nitrogen and oxygen atoms in total. The zero-order valence-corrected chi connectivity index (χ0v) is 21.1. The van der Waals surface area contributed by atoms with Gasteiger partial charge >= 0.3 is 0 Å². The topological polar surface area (TPSA) is 110 Å². The van der Waals surface area contributed by atoms with Crippen LogP contribution in [0.15, 0.2) is 48.8 Å². The molecule has 36 heavy (non-hydrogen) atoms. The minimum absolute atomic E-state index is 0.0179. The summed E-state index contributed by atoms with van der Waals surface area (Å²) >= 11 is 0. The Morgan fingerprint density at radius 1 is 1.11 bits per heavy atom. The normalized spacial score (nSPS) is 21.6. The fourth-order valence-corrected chi connectivity index (χ4v) is 5.30. The largest absolute Gasteiger partial charge is 0.352 e. The molecule has 0 aliphatic heterocycles. The Balaban J connectivity index is 1.59. The number of carbonyl (C=O) groups excluding carboxylic acids is 2. The third-order valence-electron chi connectivity index (χ3n) is 6.56. The fourth-order valence-electron chi connectivity index (χ4n) is 4.91. The van der Waals surface area contributed by atoms with Crippen molar-refractivity contribution in [2.45, 2.75) is 44.7 Å². The molecule has 4 rings (SSSR count). The van der Waals surface area contributed by atoms with Crippen LogP contribution in [0, 0.1) is 17.6 Å². The van der Waals surface area contributed by atoms with Gasteiger partial charge in [-0.25, -0.2) is 13.8 Å². The molecule has 3 aromatic rings. The summed E-state index contributed by atoms with van der Waals surface area (Å²) in [5, 5.41) is 6.19. The van der Waals surface area contributed by atoms with E-state index < -0.39 is 17.5 Å². The Labute approximate surface area is 210 Å². The van der Waals surface area contributed by atoms with Crippen molar-refractivity contribution in [3.8, 4) is 11.3 Å². The number of nitrogens with zero attached hydrogens (tertiary/aromatic N) is 2. The molecule has 1 aliphatic carbocycles. The standard InChI is InChI=1S/C26H28F2N5O2P/c1-13-10-15(11-19(29)24(13)31-14(2)34)16-8-9-30-12-21(16)33-26(35)20-7-6-18(28)25(32-20)23-17(27)4-3-5-22(23)36/h3-9,12-13,15,19,24H,10-11,29,36H2,1-2H3,(H,31,34)(H,33,35)/t13-,15+,19+,24+/m0/s1. The molecule has 1 saturated carbocycles. The molecule has 1 fully saturated rings. The lowest BCUT2D eigenvalue weighted by Gasteiger charge is -2.39. The molecule has 1 aromatic carbocycles. The van der Waals surface area contributed by atoms with E-state index in [1.54, 1.807) is 18.5 Å². The van der Waals surface area contributed by atoms with E-state index in [1.165, 1.54) is 25.1 Å². The molecular weight excluding hydrogens is 483 g/mol. The SMILES string of the molecule is CC(=O)N[C@H]1[C@H](N)C[C@H](c2ccncc2NC(=O)c2ccc(F)c(-c3c(F)cccc3P)n2)C[C@@H]1C. The molecule has 2 heterocycles. The summed E-state index contributed by atoms with van der Waals surface area (Å²) in [6.45, 7) is 3.52. The highest BCUT2D eigenvalue weighted by molar-refractivity contribution is 7.28. The third-order valence-corrected chi connectivity index (χ3v) is 7.04. The predicted molar refractivity (Wildman–Crippen MR) is 138 cm³/mol. The van der Waals surface area contributed by atoms with Gasteiger partial charge in [0.25, 0.3) is 5.91 Å². The monoisotopic (exact) mass is 511 g/mol. The summed E-state index contributed by atoms with van der Waals surface area (Å²) < 4.78 is 29.0. The number of amides is 2. The van der Waals surface area contributed by atoms with E-state index in [4.69, 9.17) is 5.73 Å². The highest BCUT2D eigenvalue weighted by Crippen LogP contribution is 2.38. The van der Waals surface area contributed by atoms with Gasteiger partial charge in [0.2, 0.25) is 5.91 Å². The number of carbonyl (C=O) groups is 2. The van der Waals surface area contributed by atoms with E-state index >= 15 is 0 Å². The highest BCUT2D eigenvalue weighted by atomic mass is 31.0. The van der Waals surface area contributed by atoms with Crippen LogP contribution in [0.5, 0.6) is 0 Å². The molecule has 5 atom stereocenters. The second-order valence-electron chi connectivity index (χ2n) is 9.18. The number of halogens is 2. The van der Waals surface area contributed by atoms with Crippen LogP contribution in [0.2, 0.25) is 0 Å². The number of aromatic nitrogens is 2. The first-order valence-electron chi connectivity index (χ1n) is 11.6. The Morgan fingerprint density at radius 2 is 1.89 bits per heavy atom. The molecule has 0 radical (unpaired) electrons. The number of anilines is 1. The second kappa shape index (κ2) is 10.8. The van der Waals surface area contributed by atoms with Crippen LogP contribution < -0.4 is 21.7 Å². The van der Waals surface area contributed by atoms with Gasteiger partial charge in [0, 0.05) is 30.8 Å². The van der Waals surface area contributed by atoms with E-state index in [1.807, 2.05) is 13.0 Å². The maximum Gasteiger partial charge on any atom is 0.274 e. The number of hydrogen-bond acceptors (Lipinski definition) is 5. The van der Waals surface area contributed by atoms with Crippen LogP contribution in [-0.4, -0.2) is 33.9 Å². The van der Waals surface area contributed by atoms with Crippen LogP contribution in [0.4, 0.5) is 14.5 Å². The van der Waals surface area contributed by atoms with Gasteiger partial charge < -0.3 is 16.4 Å². The Kier molecular flexibility index (Phi) is 7.71. The van der Waals surface area contributed by atoms with Crippen LogP contribution in [0.1, 0.15) is 48.7 Å². The average Bonchev–Trinajstić information content (AvgIpc) is 2.82. The summed E-state index contributed by atoms with van der Waals surface area (Å²) in [6.07, 6.45) is 4.57. The molecule has 2 aromatic heterocycles. The van der Waals surface area contributed by atoms with Gasteiger partial charge in [-0.05, 0) is 59.8 Å². The first-order chi connectivity index (χ1) is 17.2. The van der Waals surface area contributed by atoms with Crippen LogP contribution in [-0.2, 0) is 4.79 Å². The van der Waals surface area contributed by atoms with E-state index in [0.717, 1.165) is 18.1 Å². The molecule has 0 saturated heterocycles. The van der Waals surface area contributed by atoms with E-state index in [9.17, 15) is 18.4 Å². The van der Waals surface area contributed by atoms with Gasteiger partial charge in [-0.1, -0.05) is 19.1 Å². The Bertz CT molecular complexity index is 1270. The van der Waals surface area contributed by atoms with E-state index in [2.05, 4.69) is 29.8 Å². The number of nitrogens with two attached hydrogens (primary N) is 1. The molecule has 0 spiro atoms. The number of benzene rings is 1. The summed E-state index contributed by atoms with van der Waals surface area (Å²) in [7, 11) is 2.35. The number of pyridine rings is 2. The van der Waals surface area contributed by atoms with Crippen molar-refractivity contribution in [3.63, 3.8) is 0 Å². The number of hydrogen-bond donors (Lipinski definition) is 3. The van der Waals surface area contributed by atoms with Crippen molar-refractivity contribution >= 4 is 32.0 Å². The molecule has 10 heteroatoms. The third kappa shape index (κ3) is 5.42. The summed E-state index contributed by atoms with van der Waals surface area (Å²) in [6, 6.07) is 8.16. The van der Waals surface area contributed by atoms with Crippen molar-refractivity contribution in [2.24, 2.45) is 11.7 Å². The molecule has 1 aliphatic rings. The van der Waals surface area contributed by atoms with Gasteiger partial charge in [0.05, 0.1) is 11.9 Å². The molecule has 1 unspecified atom stereocenters. The van der Waals surface area contributed by atoms with Gasteiger partial charge in [-0.15, -0.1) is 9.24 Å². The van der Waals surface area contributed by atoms with Crippen molar-refractivity contribution < 1.29 is 18.4 Å². The minimum Gasteiger partial charge on any atom is -0.352 e. The smallest absolute Gasteiger partial charge is 0.274 e. The van der Waals surface area contributed by atoms with Crippen LogP contribution >= 0.6 is 9.24 Å². The van der Waals surface area contributed by atoms with Gasteiger partial charge in [-0.2, -0.15) is 0 Å². The second-order valence-corrected chi connectivity index (χ2v) is 9.81. The van der Waals surface area contributed by atoms with Gasteiger partial charge in [0.1, 0.15) is 23.0 Å². The predicted octanol–water partition coefficient (Wildman–Crippen LogP) is 3.52. The fraction of sp³-hybridized carbons (Fsp3) is 0.308. The molecule has 4 N–H and O–H groups in total. The molecule has 2 amide bonds. The first kappa shape index (κ1) is 25.8. The molecular formula is C26H28F2N5O2P. The first-order valence-corrected chi connectivity index (χ1v) is 12.2. The van der Waals surface area contributed by atoms with Crippen molar-refractivity contribution in [2.75, 3.05) is 5.32 Å². The summed E-state index contributed by atoms with van der Waals surface area (Å²) in [4.78, 5) is 33.0. The van der Waals surface area contributed by atoms with E-state index in [0.29, 0.717) is 17.4 Å². The quantitative estimate of drug-likeness (QED) is 0.454. The lowest BCUT2D eigenvalue weighted by Crippen LogP contribution is -2.54. The average molecular weight is 512 g/mol. The lowest BCUT2D eigenvalue weighted by molar-refractivity contribution is -0.120. The Morgan fingerprint density at radius 3 is 2.58 bits per heavy atom. The van der Waals surface area contributed by atoms with Gasteiger partial charge in [0.15, 0.2) is 0 Å². The maximum atomic E-state index is 14.6. The van der Waals surface area contributed by atoms with Crippen molar-refractivity contribution in [1.29, 1.82) is 0 Å². The summed E-state index contributed by atoms with van der Waals surface area (Å²) in [5.74, 6) is -1.90. The van der Waals surface area contributed by atoms with Crippen LogP contribution in [0.25, 0.3) is 11.3 Å². The lowest BCUT2D eigenvalue weighted by atomic mass is 9.73. The highest BCUT2D eigenvalue weighted by Gasteiger charge is 2.35. The van der Waals surface area contributed by atoms with Crippen molar-refractivity contribution in [3.05, 3.63) is 71.7 Å².